The van der Waals surface area contributed by atoms with Gasteiger partial charge in [0.1, 0.15) is 0 Å². The summed E-state index contributed by atoms with van der Waals surface area (Å²) in [6, 6.07) is 6.53. The molecule has 2 aromatic rings. The Labute approximate surface area is 156 Å². The van der Waals surface area contributed by atoms with Crippen LogP contribution in [0.2, 0.25) is 0 Å². The lowest BCUT2D eigenvalue weighted by Gasteiger charge is -2.15. The van der Waals surface area contributed by atoms with Gasteiger partial charge in [0.15, 0.2) is 6.10 Å². The van der Waals surface area contributed by atoms with Gasteiger partial charge < -0.3 is 10.1 Å². The zero-order valence-corrected chi connectivity index (χ0v) is 15.7. The van der Waals surface area contributed by atoms with Crippen LogP contribution in [0.15, 0.2) is 29.6 Å². The Kier molecular flexibility index (Phi) is 5.52. The molecule has 1 aromatic heterocycles. The van der Waals surface area contributed by atoms with E-state index in [0.717, 1.165) is 31.2 Å². The first kappa shape index (κ1) is 18.3. The highest BCUT2D eigenvalue weighted by molar-refractivity contribution is 7.10. The number of aryl methyl sites for hydroxylation is 1. The van der Waals surface area contributed by atoms with Crippen molar-refractivity contribution in [2.24, 2.45) is 0 Å². The number of anilines is 1. The van der Waals surface area contributed by atoms with Gasteiger partial charge in [0, 0.05) is 28.4 Å². The van der Waals surface area contributed by atoms with E-state index in [9.17, 15) is 14.4 Å². The molecule has 3 rings (SSSR count). The Bertz CT molecular complexity index is 838. The third-order valence-corrected chi connectivity index (χ3v) is 5.51. The SMILES string of the molecule is CC(=O)Nc1ccc(C(=O)[C@H](C)OC(=O)c2csc3c2CCCC3)cc1. The van der Waals surface area contributed by atoms with Gasteiger partial charge in [-0.25, -0.2) is 4.79 Å². The van der Waals surface area contributed by atoms with Gasteiger partial charge in [-0.2, -0.15) is 0 Å². The van der Waals surface area contributed by atoms with Crippen molar-refractivity contribution in [1.29, 1.82) is 0 Å². The number of carbonyl (C=O) groups excluding carboxylic acids is 3. The molecule has 0 radical (unpaired) electrons. The molecule has 1 aliphatic rings. The molecule has 0 saturated heterocycles. The lowest BCUT2D eigenvalue weighted by molar-refractivity contribution is -0.114. The molecule has 1 heterocycles. The molecule has 0 aliphatic heterocycles. The summed E-state index contributed by atoms with van der Waals surface area (Å²) in [5.41, 5.74) is 2.74. The number of hydrogen-bond donors (Lipinski definition) is 1. The maximum Gasteiger partial charge on any atom is 0.339 e. The molecule has 5 nitrogen and oxygen atoms in total. The second kappa shape index (κ2) is 7.83. The van der Waals surface area contributed by atoms with Crippen molar-refractivity contribution in [2.45, 2.75) is 45.6 Å². The number of benzene rings is 1. The Morgan fingerprint density at radius 2 is 1.81 bits per heavy atom. The topological polar surface area (TPSA) is 72.5 Å². The highest BCUT2D eigenvalue weighted by Gasteiger charge is 2.25. The van der Waals surface area contributed by atoms with Crippen molar-refractivity contribution in [3.05, 3.63) is 51.2 Å². The minimum absolute atomic E-state index is 0.175. The highest BCUT2D eigenvalue weighted by atomic mass is 32.1. The maximum atomic E-state index is 12.5. The Morgan fingerprint density at radius 3 is 2.50 bits per heavy atom. The monoisotopic (exact) mass is 371 g/mol. The molecule has 0 saturated carbocycles. The van der Waals surface area contributed by atoms with Crippen molar-refractivity contribution in [2.75, 3.05) is 5.32 Å². The smallest absolute Gasteiger partial charge is 0.339 e. The number of carbonyl (C=O) groups is 3. The summed E-state index contributed by atoms with van der Waals surface area (Å²) < 4.78 is 5.42. The van der Waals surface area contributed by atoms with Crippen LogP contribution in [0.1, 0.15) is 57.8 Å². The molecule has 0 fully saturated rings. The number of amides is 1. The van der Waals surface area contributed by atoms with Gasteiger partial charge in [-0.1, -0.05) is 0 Å². The third kappa shape index (κ3) is 4.02. The quantitative estimate of drug-likeness (QED) is 0.637. The van der Waals surface area contributed by atoms with E-state index in [1.807, 2.05) is 5.38 Å². The largest absolute Gasteiger partial charge is 0.451 e. The molecule has 0 spiro atoms. The number of thiophene rings is 1. The van der Waals surface area contributed by atoms with E-state index >= 15 is 0 Å². The van der Waals surface area contributed by atoms with E-state index in [4.69, 9.17) is 4.74 Å². The third-order valence-electron chi connectivity index (χ3n) is 4.42. The minimum Gasteiger partial charge on any atom is -0.451 e. The van der Waals surface area contributed by atoms with E-state index in [2.05, 4.69) is 5.32 Å². The van der Waals surface area contributed by atoms with Crippen molar-refractivity contribution < 1.29 is 19.1 Å². The standard InChI is InChI=1S/C20H21NO4S/c1-12(19(23)14-7-9-15(10-8-14)21-13(2)22)25-20(24)17-11-26-18-6-4-3-5-16(17)18/h7-12H,3-6H2,1-2H3,(H,21,22)/t12-/m0/s1. The zero-order valence-electron chi connectivity index (χ0n) is 14.8. The average Bonchev–Trinajstić information content (AvgIpc) is 3.05. The molecule has 1 amide bonds. The van der Waals surface area contributed by atoms with Crippen LogP contribution in [-0.4, -0.2) is 23.8 Å². The fourth-order valence-corrected chi connectivity index (χ4v) is 4.21. The van der Waals surface area contributed by atoms with Crippen LogP contribution in [0.3, 0.4) is 0 Å². The van der Waals surface area contributed by atoms with Gasteiger partial charge in [-0.3, -0.25) is 9.59 Å². The number of nitrogens with one attached hydrogen (secondary N) is 1. The summed E-state index contributed by atoms with van der Waals surface area (Å²) in [5, 5.41) is 4.49. The molecule has 1 aromatic carbocycles. The molecule has 1 aliphatic carbocycles. The Balaban J connectivity index is 1.66. The summed E-state index contributed by atoms with van der Waals surface area (Å²) >= 11 is 1.60. The second-order valence-corrected chi connectivity index (χ2v) is 7.39. The number of hydrogen-bond acceptors (Lipinski definition) is 5. The molecule has 6 heteroatoms. The Hall–Kier alpha value is -2.47. The fraction of sp³-hybridized carbons (Fsp3) is 0.350. The second-order valence-electron chi connectivity index (χ2n) is 6.43. The van der Waals surface area contributed by atoms with Gasteiger partial charge in [-0.05, 0) is 62.4 Å². The number of ether oxygens (including phenoxy) is 1. The van der Waals surface area contributed by atoms with Crippen LogP contribution in [0.4, 0.5) is 5.69 Å². The number of ketones is 1. The predicted molar refractivity (Wildman–Crippen MR) is 101 cm³/mol. The molecule has 1 N–H and O–H groups in total. The van der Waals surface area contributed by atoms with E-state index in [-0.39, 0.29) is 11.7 Å². The van der Waals surface area contributed by atoms with E-state index in [0.29, 0.717) is 16.8 Å². The summed E-state index contributed by atoms with van der Waals surface area (Å²) in [7, 11) is 0. The zero-order chi connectivity index (χ0) is 18.7. The van der Waals surface area contributed by atoms with Crippen LogP contribution < -0.4 is 5.32 Å². The summed E-state index contributed by atoms with van der Waals surface area (Å²) in [4.78, 5) is 37.3. The molecular weight excluding hydrogens is 350 g/mol. The molecule has 1 atom stereocenters. The predicted octanol–water partition coefficient (Wildman–Crippen LogP) is 4.01. The molecule has 136 valence electrons. The number of rotatable bonds is 5. The maximum absolute atomic E-state index is 12.5. The Morgan fingerprint density at radius 1 is 1.12 bits per heavy atom. The van der Waals surface area contributed by atoms with Crippen LogP contribution in [0.25, 0.3) is 0 Å². The van der Waals surface area contributed by atoms with Crippen LogP contribution >= 0.6 is 11.3 Å². The minimum atomic E-state index is -0.867. The number of esters is 1. The van der Waals surface area contributed by atoms with Gasteiger partial charge in [0.25, 0.3) is 0 Å². The lowest BCUT2D eigenvalue weighted by atomic mass is 9.96. The van der Waals surface area contributed by atoms with Crippen molar-refractivity contribution in [3.63, 3.8) is 0 Å². The molecule has 0 bridgehead atoms. The number of Topliss-reactive ketones (excluding diaryl/α,β-unsaturated/α-hetero) is 1. The van der Waals surface area contributed by atoms with Crippen molar-refractivity contribution in [1.82, 2.24) is 0 Å². The normalized spacial score (nSPS) is 14.2. The average molecular weight is 371 g/mol. The highest BCUT2D eigenvalue weighted by Crippen LogP contribution is 2.30. The number of fused-ring (bicyclic) bond motifs is 1. The lowest BCUT2D eigenvalue weighted by Crippen LogP contribution is -2.25. The van der Waals surface area contributed by atoms with E-state index in [1.54, 1.807) is 42.5 Å². The van der Waals surface area contributed by atoms with E-state index < -0.39 is 12.1 Å². The summed E-state index contributed by atoms with van der Waals surface area (Å²) in [6.07, 6.45) is 3.29. The van der Waals surface area contributed by atoms with Gasteiger partial charge >= 0.3 is 5.97 Å². The van der Waals surface area contributed by atoms with Crippen molar-refractivity contribution in [3.8, 4) is 0 Å². The summed E-state index contributed by atoms with van der Waals surface area (Å²) in [5.74, 6) is -0.873. The van der Waals surface area contributed by atoms with Gasteiger partial charge in [0.2, 0.25) is 11.7 Å². The first-order valence-electron chi connectivity index (χ1n) is 8.68. The fourth-order valence-electron chi connectivity index (χ4n) is 3.10. The van der Waals surface area contributed by atoms with Gasteiger partial charge in [0.05, 0.1) is 5.56 Å². The van der Waals surface area contributed by atoms with Gasteiger partial charge in [-0.15, -0.1) is 11.3 Å². The first-order valence-corrected chi connectivity index (χ1v) is 9.55. The van der Waals surface area contributed by atoms with Crippen molar-refractivity contribution >= 4 is 34.7 Å². The van der Waals surface area contributed by atoms with Crippen LogP contribution in [-0.2, 0) is 22.4 Å². The molecule has 26 heavy (non-hydrogen) atoms. The van der Waals surface area contributed by atoms with E-state index in [1.165, 1.54) is 11.8 Å². The van der Waals surface area contributed by atoms with Crippen LogP contribution in [0.5, 0.6) is 0 Å². The van der Waals surface area contributed by atoms with Crippen LogP contribution in [0, 0.1) is 0 Å². The summed E-state index contributed by atoms with van der Waals surface area (Å²) in [6.45, 7) is 3.00. The molecular formula is C20H21NO4S. The first-order chi connectivity index (χ1) is 12.5. The molecule has 0 unspecified atom stereocenters.